The van der Waals surface area contributed by atoms with Gasteiger partial charge >= 0.3 is 5.97 Å². The van der Waals surface area contributed by atoms with E-state index >= 15 is 0 Å². The summed E-state index contributed by atoms with van der Waals surface area (Å²) in [6.07, 6.45) is 0.747. The van der Waals surface area contributed by atoms with Crippen LogP contribution in [0.15, 0.2) is 24.3 Å². The van der Waals surface area contributed by atoms with Crippen molar-refractivity contribution in [1.82, 2.24) is 15.5 Å². The number of methoxy groups -OCH3 is 1. The molecule has 142 valence electrons. The first-order valence-electron chi connectivity index (χ1n) is 8.59. The van der Waals surface area contributed by atoms with Gasteiger partial charge in [0.25, 0.3) is 0 Å². The van der Waals surface area contributed by atoms with Gasteiger partial charge in [0.05, 0.1) is 19.6 Å². The third kappa shape index (κ3) is 6.11. The van der Waals surface area contributed by atoms with Crippen LogP contribution in [0, 0.1) is 5.82 Å². The normalized spacial score (nSPS) is 17.5. The molecule has 0 spiro atoms. The molecular formula is C18H24FN3O4. The molecule has 26 heavy (non-hydrogen) atoms. The van der Waals surface area contributed by atoms with E-state index < -0.39 is 6.04 Å². The van der Waals surface area contributed by atoms with E-state index in [2.05, 4.69) is 15.4 Å². The number of nitrogens with one attached hydrogen (secondary N) is 2. The van der Waals surface area contributed by atoms with Crippen LogP contribution in [0.3, 0.4) is 0 Å². The number of hydrogen-bond acceptors (Lipinski definition) is 5. The van der Waals surface area contributed by atoms with Gasteiger partial charge in [-0.3, -0.25) is 19.3 Å². The molecule has 0 aliphatic carbocycles. The number of rotatable bonds is 8. The van der Waals surface area contributed by atoms with E-state index in [1.54, 1.807) is 12.1 Å². The van der Waals surface area contributed by atoms with Crippen molar-refractivity contribution in [3.63, 3.8) is 0 Å². The van der Waals surface area contributed by atoms with Crippen LogP contribution in [0.1, 0.15) is 24.8 Å². The van der Waals surface area contributed by atoms with Crippen LogP contribution in [0.25, 0.3) is 0 Å². The molecule has 8 heteroatoms. The number of carbonyl (C=O) groups is 3. The molecule has 1 unspecified atom stereocenters. The van der Waals surface area contributed by atoms with Crippen molar-refractivity contribution in [3.05, 3.63) is 35.6 Å². The SMILES string of the molecule is COC(=O)CCCNC(=O)CC1C(=O)NCCN1Cc1ccc(F)cc1. The maximum Gasteiger partial charge on any atom is 0.305 e. The highest BCUT2D eigenvalue weighted by Gasteiger charge is 2.31. The van der Waals surface area contributed by atoms with Crippen LogP contribution < -0.4 is 10.6 Å². The minimum absolute atomic E-state index is 0.0330. The van der Waals surface area contributed by atoms with Gasteiger partial charge in [-0.2, -0.15) is 0 Å². The summed E-state index contributed by atoms with van der Waals surface area (Å²) in [6, 6.07) is 5.52. The Kier molecular flexibility index (Phi) is 7.53. The Balaban J connectivity index is 1.86. The predicted molar refractivity (Wildman–Crippen MR) is 92.5 cm³/mol. The Hall–Kier alpha value is -2.48. The van der Waals surface area contributed by atoms with Crippen LogP contribution >= 0.6 is 0 Å². The molecule has 0 radical (unpaired) electrons. The van der Waals surface area contributed by atoms with Crippen molar-refractivity contribution in [2.24, 2.45) is 0 Å². The van der Waals surface area contributed by atoms with Crippen LogP contribution in [-0.2, 0) is 25.7 Å². The van der Waals surface area contributed by atoms with Gasteiger partial charge < -0.3 is 15.4 Å². The number of esters is 1. The molecule has 1 aromatic rings. The van der Waals surface area contributed by atoms with Gasteiger partial charge in [0.1, 0.15) is 5.82 Å². The van der Waals surface area contributed by atoms with Gasteiger partial charge in [0, 0.05) is 32.6 Å². The van der Waals surface area contributed by atoms with E-state index in [4.69, 9.17) is 0 Å². The first kappa shape index (κ1) is 19.8. The predicted octanol–water partition coefficient (Wildman–Crippen LogP) is 0.586. The number of amides is 2. The lowest BCUT2D eigenvalue weighted by atomic mass is 10.1. The molecule has 0 aromatic heterocycles. The van der Waals surface area contributed by atoms with Crippen molar-refractivity contribution in [1.29, 1.82) is 0 Å². The Labute approximate surface area is 151 Å². The fraction of sp³-hybridized carbons (Fsp3) is 0.500. The molecule has 1 aliphatic heterocycles. The average Bonchev–Trinajstić information content (AvgIpc) is 2.63. The van der Waals surface area contributed by atoms with Crippen LogP contribution in [0.4, 0.5) is 4.39 Å². The number of benzene rings is 1. The summed E-state index contributed by atoms with van der Waals surface area (Å²) >= 11 is 0. The molecule has 1 atom stereocenters. The van der Waals surface area contributed by atoms with E-state index in [0.29, 0.717) is 32.6 Å². The van der Waals surface area contributed by atoms with Gasteiger partial charge in [0.15, 0.2) is 0 Å². The Morgan fingerprint density at radius 2 is 2.08 bits per heavy atom. The number of halogens is 1. The summed E-state index contributed by atoms with van der Waals surface area (Å²) in [5.74, 6) is -1.08. The van der Waals surface area contributed by atoms with Gasteiger partial charge in [-0.05, 0) is 24.1 Å². The number of ether oxygens (including phenoxy) is 1. The Bertz CT molecular complexity index is 636. The lowest BCUT2D eigenvalue weighted by molar-refractivity contribution is -0.140. The van der Waals surface area contributed by atoms with Gasteiger partial charge in [0.2, 0.25) is 11.8 Å². The van der Waals surface area contributed by atoms with E-state index in [1.807, 2.05) is 4.90 Å². The zero-order valence-corrected chi connectivity index (χ0v) is 14.8. The minimum Gasteiger partial charge on any atom is -0.469 e. The fourth-order valence-corrected chi connectivity index (χ4v) is 2.81. The third-order valence-electron chi connectivity index (χ3n) is 4.23. The second-order valence-electron chi connectivity index (χ2n) is 6.14. The van der Waals surface area contributed by atoms with E-state index in [9.17, 15) is 18.8 Å². The highest BCUT2D eigenvalue weighted by Crippen LogP contribution is 2.14. The third-order valence-corrected chi connectivity index (χ3v) is 4.23. The number of hydrogen-bond donors (Lipinski definition) is 2. The standard InChI is InChI=1S/C18H24FN3O4/c1-26-17(24)3-2-8-20-16(23)11-15-18(25)21-9-10-22(15)12-13-4-6-14(19)7-5-13/h4-7,15H,2-3,8-12H2,1H3,(H,20,23)(H,21,25). The molecule has 7 nitrogen and oxygen atoms in total. The van der Waals surface area contributed by atoms with Crippen molar-refractivity contribution in [3.8, 4) is 0 Å². The second-order valence-corrected chi connectivity index (χ2v) is 6.14. The maximum atomic E-state index is 13.0. The Morgan fingerprint density at radius 1 is 1.35 bits per heavy atom. The summed E-state index contributed by atoms with van der Waals surface area (Å²) in [5.41, 5.74) is 0.879. The maximum absolute atomic E-state index is 13.0. The highest BCUT2D eigenvalue weighted by atomic mass is 19.1. The zero-order chi connectivity index (χ0) is 18.9. The molecule has 2 N–H and O–H groups in total. The molecule has 0 bridgehead atoms. The van der Waals surface area contributed by atoms with Gasteiger partial charge in [-0.15, -0.1) is 0 Å². The molecule has 1 aliphatic rings. The largest absolute Gasteiger partial charge is 0.469 e. The first-order valence-corrected chi connectivity index (χ1v) is 8.59. The molecule has 1 heterocycles. The molecular weight excluding hydrogens is 341 g/mol. The summed E-state index contributed by atoms with van der Waals surface area (Å²) in [7, 11) is 1.32. The average molecular weight is 365 g/mol. The topological polar surface area (TPSA) is 87.7 Å². The van der Waals surface area contributed by atoms with E-state index in [0.717, 1.165) is 5.56 Å². The summed E-state index contributed by atoms with van der Waals surface area (Å²) in [4.78, 5) is 37.3. The Morgan fingerprint density at radius 3 is 2.77 bits per heavy atom. The van der Waals surface area contributed by atoms with Gasteiger partial charge in [-0.25, -0.2) is 4.39 Å². The molecule has 2 rings (SSSR count). The van der Waals surface area contributed by atoms with Crippen molar-refractivity contribution >= 4 is 17.8 Å². The van der Waals surface area contributed by atoms with Crippen LogP contribution in [0.2, 0.25) is 0 Å². The molecule has 0 saturated carbocycles. The number of carbonyl (C=O) groups excluding carboxylic acids is 3. The number of piperazine rings is 1. The van der Waals surface area contributed by atoms with Crippen LogP contribution in [0.5, 0.6) is 0 Å². The summed E-state index contributed by atoms with van der Waals surface area (Å²) < 4.78 is 17.6. The lowest BCUT2D eigenvalue weighted by Crippen LogP contribution is -2.56. The molecule has 1 aromatic carbocycles. The van der Waals surface area contributed by atoms with Crippen molar-refractivity contribution in [2.75, 3.05) is 26.7 Å². The van der Waals surface area contributed by atoms with E-state index in [-0.39, 0.29) is 36.4 Å². The van der Waals surface area contributed by atoms with Gasteiger partial charge in [-0.1, -0.05) is 12.1 Å². The van der Waals surface area contributed by atoms with E-state index in [1.165, 1.54) is 19.2 Å². The molecule has 1 fully saturated rings. The fourth-order valence-electron chi connectivity index (χ4n) is 2.81. The second kappa shape index (κ2) is 9.86. The summed E-state index contributed by atoms with van der Waals surface area (Å²) in [6.45, 7) is 1.94. The van der Waals surface area contributed by atoms with Crippen molar-refractivity contribution in [2.45, 2.75) is 31.8 Å². The monoisotopic (exact) mass is 365 g/mol. The minimum atomic E-state index is -0.575. The zero-order valence-electron chi connectivity index (χ0n) is 14.8. The molecule has 2 amide bonds. The smallest absolute Gasteiger partial charge is 0.305 e. The summed E-state index contributed by atoms with van der Waals surface area (Å²) in [5, 5.41) is 5.49. The number of nitrogens with zero attached hydrogens (tertiary/aromatic N) is 1. The van der Waals surface area contributed by atoms with Crippen molar-refractivity contribution < 1.29 is 23.5 Å². The quantitative estimate of drug-likeness (QED) is 0.520. The molecule has 1 saturated heterocycles. The van der Waals surface area contributed by atoms with Crippen LogP contribution in [-0.4, -0.2) is 55.5 Å². The highest BCUT2D eigenvalue weighted by molar-refractivity contribution is 5.88. The lowest BCUT2D eigenvalue weighted by Gasteiger charge is -2.34. The first-order chi connectivity index (χ1) is 12.5.